The fourth-order valence-electron chi connectivity index (χ4n) is 11.6. The summed E-state index contributed by atoms with van der Waals surface area (Å²) < 4.78 is 38.3. The Morgan fingerprint density at radius 3 is 2.27 bits per heavy atom. The number of carbonyl (C=O) groups is 5. The smallest absolute Gasteiger partial charge is 0.329 e. The van der Waals surface area contributed by atoms with Crippen LogP contribution < -0.4 is 31.9 Å². The third-order valence-corrected chi connectivity index (χ3v) is 15.8. The van der Waals surface area contributed by atoms with Crippen molar-refractivity contribution in [3.63, 3.8) is 0 Å². The second kappa shape index (κ2) is 22.8. The van der Waals surface area contributed by atoms with E-state index in [2.05, 4.69) is 50.1 Å². The van der Waals surface area contributed by atoms with E-state index in [1.165, 1.54) is 4.57 Å². The molecular weight excluding hydrogens is 963 g/mol. The SMILES string of the molecule is Cc1ccc(N[C@H]2CNCC2(F)F)cc1C(=O)N[C@H](C)c1ccc(C#CC2CCC(OC3CCN(C(=O)C4CCN(c5ccc6c(c5)n(C)c(=O)n6C5CCC(=O)NC5=O)CC4)CC3)CC2)c2ccccc12.O=CO. The summed E-state index contributed by atoms with van der Waals surface area (Å²) in [5.74, 6) is 3.61. The number of anilines is 2. The van der Waals surface area contributed by atoms with Crippen LogP contribution >= 0.6 is 0 Å². The number of piperidine rings is 3. The summed E-state index contributed by atoms with van der Waals surface area (Å²) in [7, 11) is 1.70. The van der Waals surface area contributed by atoms with Gasteiger partial charge in [0.15, 0.2) is 0 Å². The van der Waals surface area contributed by atoms with E-state index in [1.54, 1.807) is 29.8 Å². The molecule has 396 valence electrons. The highest BCUT2D eigenvalue weighted by Gasteiger charge is 2.44. The molecule has 5 aromatic rings. The molecule has 4 amide bonds. The minimum Gasteiger partial charge on any atom is -0.483 e. The number of hydrogen-bond acceptors (Lipinski definition) is 10. The van der Waals surface area contributed by atoms with Crippen LogP contribution in [-0.4, -0.2) is 113 Å². The quantitative estimate of drug-likeness (QED) is 0.0559. The maximum Gasteiger partial charge on any atom is 0.329 e. The number of nitrogens with one attached hydrogen (secondary N) is 4. The molecule has 4 aromatic carbocycles. The van der Waals surface area contributed by atoms with Gasteiger partial charge in [0.2, 0.25) is 17.7 Å². The lowest BCUT2D eigenvalue weighted by Gasteiger charge is -2.39. The number of imidazole rings is 1. The van der Waals surface area contributed by atoms with E-state index in [0.29, 0.717) is 29.9 Å². The van der Waals surface area contributed by atoms with Crippen molar-refractivity contribution in [2.75, 3.05) is 49.5 Å². The summed E-state index contributed by atoms with van der Waals surface area (Å²) in [4.78, 5) is 77.7. The van der Waals surface area contributed by atoms with E-state index < -0.39 is 23.9 Å². The Kier molecular flexibility index (Phi) is 16.0. The summed E-state index contributed by atoms with van der Waals surface area (Å²) in [6.45, 7) is 6.17. The number of rotatable bonds is 10. The second-order valence-corrected chi connectivity index (χ2v) is 20.7. The molecule has 1 aliphatic carbocycles. The summed E-state index contributed by atoms with van der Waals surface area (Å²) in [6, 6.07) is 21.1. The highest BCUT2D eigenvalue weighted by atomic mass is 19.3. The predicted octanol–water partition coefficient (Wildman–Crippen LogP) is 6.82. The van der Waals surface area contributed by atoms with Crippen molar-refractivity contribution in [1.82, 2.24) is 30.0 Å². The van der Waals surface area contributed by atoms with Crippen molar-refractivity contribution in [1.29, 1.82) is 0 Å². The summed E-state index contributed by atoms with van der Waals surface area (Å²) >= 11 is 0. The normalized spacial score (nSPS) is 22.6. The number of hydrogen-bond donors (Lipinski definition) is 5. The number of likely N-dealkylation sites (tertiary alicyclic amines) is 1. The first kappa shape index (κ1) is 52.8. The first-order valence-electron chi connectivity index (χ1n) is 26.2. The molecule has 1 saturated carbocycles. The molecule has 75 heavy (non-hydrogen) atoms. The van der Waals surface area contributed by atoms with Gasteiger partial charge in [0.25, 0.3) is 18.3 Å². The average molecular weight is 1030 g/mol. The van der Waals surface area contributed by atoms with Crippen molar-refractivity contribution >= 4 is 63.3 Å². The number of alkyl halides is 2. The van der Waals surface area contributed by atoms with Crippen molar-refractivity contribution < 1.29 is 42.6 Å². The number of aromatic nitrogens is 2. The Bertz CT molecular complexity index is 3080. The lowest BCUT2D eigenvalue weighted by Crippen LogP contribution is -2.47. The molecule has 5 aliphatic rings. The van der Waals surface area contributed by atoms with Gasteiger partial charge < -0.3 is 35.6 Å². The fourth-order valence-corrected chi connectivity index (χ4v) is 11.6. The molecule has 5 fully saturated rings. The van der Waals surface area contributed by atoms with Gasteiger partial charge in [-0.2, -0.15) is 0 Å². The molecule has 5 N–H and O–H groups in total. The number of fused-ring (bicyclic) bond motifs is 2. The van der Waals surface area contributed by atoms with Gasteiger partial charge in [-0.25, -0.2) is 13.6 Å². The van der Waals surface area contributed by atoms with Crippen LogP contribution in [0.2, 0.25) is 0 Å². The van der Waals surface area contributed by atoms with Gasteiger partial charge in [0.1, 0.15) is 12.1 Å². The molecule has 4 saturated heterocycles. The molecule has 1 unspecified atom stereocenters. The lowest BCUT2D eigenvalue weighted by atomic mass is 9.87. The van der Waals surface area contributed by atoms with Gasteiger partial charge >= 0.3 is 5.69 Å². The van der Waals surface area contributed by atoms with Gasteiger partial charge in [-0.15, -0.1) is 0 Å². The zero-order valence-corrected chi connectivity index (χ0v) is 42.7. The van der Waals surface area contributed by atoms with E-state index in [-0.39, 0.29) is 85.9 Å². The predicted molar refractivity (Wildman–Crippen MR) is 282 cm³/mol. The monoisotopic (exact) mass is 1030 g/mol. The van der Waals surface area contributed by atoms with E-state index in [4.69, 9.17) is 14.6 Å². The van der Waals surface area contributed by atoms with Gasteiger partial charge in [0, 0.05) is 80.5 Å². The molecule has 3 atom stereocenters. The molecule has 10 rings (SSSR count). The Labute approximate surface area is 434 Å². The van der Waals surface area contributed by atoms with Crippen LogP contribution in [0, 0.1) is 30.6 Å². The van der Waals surface area contributed by atoms with Crippen LogP contribution in [0.15, 0.2) is 77.6 Å². The van der Waals surface area contributed by atoms with E-state index in [1.807, 2.05) is 61.2 Å². The number of aryl methyl sites for hydroxylation is 2. The van der Waals surface area contributed by atoms with E-state index in [0.717, 1.165) is 103 Å². The number of imide groups is 1. The van der Waals surface area contributed by atoms with Crippen LogP contribution in [0.4, 0.5) is 20.2 Å². The Morgan fingerprint density at radius 2 is 1.57 bits per heavy atom. The lowest BCUT2D eigenvalue weighted by molar-refractivity contribution is -0.140. The van der Waals surface area contributed by atoms with Gasteiger partial charge in [-0.05, 0) is 130 Å². The molecule has 0 spiro atoms. The van der Waals surface area contributed by atoms with Crippen LogP contribution in [0.25, 0.3) is 21.8 Å². The molecular formula is C57H66F2N8O8. The highest BCUT2D eigenvalue weighted by Crippen LogP contribution is 2.34. The summed E-state index contributed by atoms with van der Waals surface area (Å²) in [5.41, 5.74) is 5.64. The van der Waals surface area contributed by atoms with Crippen molar-refractivity contribution in [2.24, 2.45) is 18.9 Å². The third kappa shape index (κ3) is 11.6. The first-order chi connectivity index (χ1) is 36.1. The highest BCUT2D eigenvalue weighted by molar-refractivity contribution is 6.00. The number of halogens is 2. The first-order valence-corrected chi connectivity index (χ1v) is 26.2. The maximum absolute atomic E-state index is 14.3. The molecule has 0 radical (unpaired) electrons. The molecule has 0 bridgehead atoms. The Balaban J connectivity index is 0.00000224. The van der Waals surface area contributed by atoms with Crippen LogP contribution in [-0.2, 0) is 31.0 Å². The van der Waals surface area contributed by atoms with Gasteiger partial charge in [-0.1, -0.05) is 48.2 Å². The topological polar surface area (TPSA) is 196 Å². The van der Waals surface area contributed by atoms with Crippen LogP contribution in [0.5, 0.6) is 0 Å². The number of benzene rings is 4. The fraction of sp³-hybridized carbons (Fsp3) is 0.474. The number of carbonyl (C=O) groups excluding carboxylic acids is 4. The number of carboxylic acid groups (broad SMARTS) is 1. The van der Waals surface area contributed by atoms with Crippen molar-refractivity contribution in [3.8, 4) is 11.8 Å². The summed E-state index contributed by atoms with van der Waals surface area (Å²) in [5, 5.41) is 20.1. The second-order valence-electron chi connectivity index (χ2n) is 20.7. The number of ether oxygens (including phenoxy) is 1. The zero-order valence-electron chi connectivity index (χ0n) is 42.7. The van der Waals surface area contributed by atoms with Gasteiger partial charge in [0.05, 0.1) is 35.8 Å². The van der Waals surface area contributed by atoms with Crippen LogP contribution in [0.1, 0.15) is 110 Å². The summed E-state index contributed by atoms with van der Waals surface area (Å²) in [6.07, 6.45) is 7.79. The largest absolute Gasteiger partial charge is 0.483 e. The third-order valence-electron chi connectivity index (χ3n) is 15.8. The van der Waals surface area contributed by atoms with Gasteiger partial charge in [-0.3, -0.25) is 38.4 Å². The molecule has 16 nitrogen and oxygen atoms in total. The maximum atomic E-state index is 14.3. The van der Waals surface area contributed by atoms with E-state index in [9.17, 15) is 32.8 Å². The molecule has 5 heterocycles. The number of amides is 4. The average Bonchev–Trinajstić information content (AvgIpc) is 3.88. The molecule has 1 aromatic heterocycles. The Hall–Kier alpha value is -7.10. The van der Waals surface area contributed by atoms with Crippen molar-refractivity contribution in [2.45, 2.75) is 114 Å². The standard InChI is InChI=1S/C56H64F2N8O6.CH2O2/c1-34-8-14-39(61-50-32-59-33-56(50,57)58)30-46(34)52(68)60-35(2)43-18-13-37(44-6-4-5-7-45(43)44)12-9-36-10-16-41(17-11-36)72-42-24-28-65(29-25-42)54(70)38-22-26-64(27-23-38)40-15-19-47-49(31-40)63(3)55(71)66(47)48-20-21-51(67)62-53(48)69;2-1-3/h4-8,13-15,18-19,30-31,35-36,38,41-42,48,50,59,61H,10-11,16-17,20-29,32-33H2,1-3H3,(H,60,68)(H,62,67,69);1H,(H,2,3)/t35-,36?,41?,48?,50+;/m1./s1. The zero-order chi connectivity index (χ0) is 53.0. The number of nitrogens with zero attached hydrogens (tertiary/aromatic N) is 4. The molecule has 18 heteroatoms. The van der Waals surface area contributed by atoms with Crippen LogP contribution in [0.3, 0.4) is 0 Å². The minimum absolute atomic E-state index is 0.0325. The Morgan fingerprint density at radius 1 is 0.867 bits per heavy atom. The molecule has 4 aliphatic heterocycles. The van der Waals surface area contributed by atoms with E-state index >= 15 is 0 Å². The van der Waals surface area contributed by atoms with Crippen molar-refractivity contribution in [3.05, 3.63) is 106 Å². The minimum atomic E-state index is -2.88.